The van der Waals surface area contributed by atoms with E-state index in [0.717, 1.165) is 23.3 Å². The second-order valence-corrected chi connectivity index (χ2v) is 5.51. The second kappa shape index (κ2) is 4.51. The van der Waals surface area contributed by atoms with Crippen molar-refractivity contribution in [2.45, 2.75) is 25.8 Å². The fourth-order valence-electron chi connectivity index (χ4n) is 1.66. The van der Waals surface area contributed by atoms with E-state index in [2.05, 4.69) is 5.32 Å². The van der Waals surface area contributed by atoms with E-state index in [4.69, 9.17) is 18.0 Å². The van der Waals surface area contributed by atoms with Crippen LogP contribution in [-0.2, 0) is 0 Å². The van der Waals surface area contributed by atoms with Crippen LogP contribution >= 0.6 is 23.6 Å². The number of amides is 1. The summed E-state index contributed by atoms with van der Waals surface area (Å²) in [5, 5.41) is 4.84. The quantitative estimate of drug-likeness (QED) is 0.806. The lowest BCUT2D eigenvalue weighted by molar-refractivity contribution is 0.0947. The summed E-state index contributed by atoms with van der Waals surface area (Å²) in [7, 11) is 0. The van der Waals surface area contributed by atoms with Gasteiger partial charge in [-0.05, 0) is 42.7 Å². The fraction of sp³-hybridized carbons (Fsp3) is 0.455. The van der Waals surface area contributed by atoms with Gasteiger partial charge >= 0.3 is 0 Å². The minimum Gasteiger partial charge on any atom is -0.392 e. The van der Waals surface area contributed by atoms with E-state index in [9.17, 15) is 4.79 Å². The van der Waals surface area contributed by atoms with Crippen molar-refractivity contribution in [3.8, 4) is 0 Å². The van der Waals surface area contributed by atoms with Crippen molar-refractivity contribution in [2.75, 3.05) is 0 Å². The zero-order valence-corrected chi connectivity index (χ0v) is 10.7. The number of hydrogen-bond donors (Lipinski definition) is 2. The minimum atomic E-state index is -0.135. The largest absolute Gasteiger partial charge is 0.392 e. The predicted octanol–water partition coefficient (Wildman–Crippen LogP) is 1.85. The molecule has 5 heteroatoms. The zero-order chi connectivity index (χ0) is 11.7. The second-order valence-electron chi connectivity index (χ2n) is 4.12. The van der Waals surface area contributed by atoms with Gasteiger partial charge in [0.15, 0.2) is 0 Å². The smallest absolute Gasteiger partial charge is 0.262 e. The minimum absolute atomic E-state index is 0.0581. The maximum atomic E-state index is 12.0. The number of nitrogens with two attached hydrogens (primary N) is 1. The van der Waals surface area contributed by atoms with Gasteiger partial charge in [0.25, 0.3) is 5.91 Å². The molecule has 1 atom stereocenters. The summed E-state index contributed by atoms with van der Waals surface area (Å²) in [6.45, 7) is 1.93. The molecule has 1 aromatic heterocycles. The van der Waals surface area contributed by atoms with Crippen molar-refractivity contribution in [1.82, 2.24) is 5.32 Å². The van der Waals surface area contributed by atoms with Crippen LogP contribution in [0, 0.1) is 12.8 Å². The van der Waals surface area contributed by atoms with Gasteiger partial charge in [-0.1, -0.05) is 12.2 Å². The number of carbonyl (C=O) groups excluding carboxylic acids is 1. The third-order valence-electron chi connectivity index (χ3n) is 2.75. The third-order valence-corrected chi connectivity index (χ3v) is 4.02. The molecule has 0 radical (unpaired) electrons. The first-order valence-corrected chi connectivity index (χ1v) is 6.52. The number of thiocarbonyl (C=S) groups is 1. The maximum absolute atomic E-state index is 12.0. The molecule has 3 N–H and O–H groups in total. The molecule has 86 valence electrons. The number of hydrogen-bond acceptors (Lipinski definition) is 3. The Kier molecular flexibility index (Phi) is 3.25. The van der Waals surface area contributed by atoms with Gasteiger partial charge in [-0.25, -0.2) is 0 Å². The SMILES string of the molecule is Cc1ccsc1C(=O)NC(C(N)=S)C1CC1. The average Bonchev–Trinajstić information content (AvgIpc) is 2.96. The third kappa shape index (κ3) is 2.41. The van der Waals surface area contributed by atoms with Crippen molar-refractivity contribution in [2.24, 2.45) is 11.7 Å². The molecule has 1 saturated carbocycles. The van der Waals surface area contributed by atoms with Gasteiger partial charge < -0.3 is 11.1 Å². The highest BCUT2D eigenvalue weighted by Crippen LogP contribution is 2.33. The van der Waals surface area contributed by atoms with Gasteiger partial charge in [-0.2, -0.15) is 0 Å². The normalized spacial score (nSPS) is 16.8. The summed E-state index contributed by atoms with van der Waals surface area (Å²) in [4.78, 5) is 13.1. The number of rotatable bonds is 4. The van der Waals surface area contributed by atoms with E-state index in [0.29, 0.717) is 10.9 Å². The van der Waals surface area contributed by atoms with Gasteiger partial charge in [-0.15, -0.1) is 11.3 Å². The molecule has 0 aromatic carbocycles. The zero-order valence-electron chi connectivity index (χ0n) is 9.03. The molecule has 1 unspecified atom stereocenters. The van der Waals surface area contributed by atoms with Crippen molar-refractivity contribution < 1.29 is 4.79 Å². The molecule has 1 aliphatic rings. The number of thiophene rings is 1. The Bertz CT molecular complexity index is 423. The van der Waals surface area contributed by atoms with Gasteiger partial charge in [0, 0.05) is 0 Å². The van der Waals surface area contributed by atoms with Crippen LogP contribution in [0.4, 0.5) is 0 Å². The predicted molar refractivity (Wildman–Crippen MR) is 69.8 cm³/mol. The van der Waals surface area contributed by atoms with E-state index in [1.54, 1.807) is 0 Å². The van der Waals surface area contributed by atoms with Crippen molar-refractivity contribution in [3.63, 3.8) is 0 Å². The van der Waals surface area contributed by atoms with Crippen LogP contribution < -0.4 is 11.1 Å². The molecule has 1 aliphatic carbocycles. The first kappa shape index (κ1) is 11.5. The lowest BCUT2D eigenvalue weighted by Gasteiger charge is -2.16. The Morgan fingerprint density at radius 2 is 2.38 bits per heavy atom. The van der Waals surface area contributed by atoms with E-state index >= 15 is 0 Å². The molecule has 2 rings (SSSR count). The van der Waals surface area contributed by atoms with E-state index < -0.39 is 0 Å². The van der Waals surface area contributed by atoms with Gasteiger partial charge in [0.2, 0.25) is 0 Å². The molecule has 1 amide bonds. The van der Waals surface area contributed by atoms with Crippen LogP contribution in [0.2, 0.25) is 0 Å². The highest BCUT2D eigenvalue weighted by Gasteiger charge is 2.34. The van der Waals surface area contributed by atoms with Crippen LogP contribution in [-0.4, -0.2) is 16.9 Å². The molecular weight excluding hydrogens is 240 g/mol. The van der Waals surface area contributed by atoms with Crippen molar-refractivity contribution in [1.29, 1.82) is 0 Å². The molecule has 0 bridgehead atoms. The lowest BCUT2D eigenvalue weighted by atomic mass is 10.1. The summed E-state index contributed by atoms with van der Waals surface area (Å²) < 4.78 is 0. The molecule has 0 spiro atoms. The molecular formula is C11H14N2OS2. The van der Waals surface area contributed by atoms with Crippen LogP contribution in [0.25, 0.3) is 0 Å². The molecule has 0 saturated heterocycles. The van der Waals surface area contributed by atoms with Crippen LogP contribution in [0.3, 0.4) is 0 Å². The summed E-state index contributed by atoms with van der Waals surface area (Å²) in [6.07, 6.45) is 2.21. The van der Waals surface area contributed by atoms with Gasteiger partial charge in [0.05, 0.1) is 15.9 Å². The number of nitrogens with one attached hydrogen (secondary N) is 1. The topological polar surface area (TPSA) is 55.1 Å². The highest BCUT2D eigenvalue weighted by atomic mass is 32.1. The summed E-state index contributed by atoms with van der Waals surface area (Å²) in [5.74, 6) is 0.388. The Morgan fingerprint density at radius 1 is 1.69 bits per heavy atom. The van der Waals surface area contributed by atoms with E-state index in [1.165, 1.54) is 11.3 Å². The van der Waals surface area contributed by atoms with E-state index in [1.807, 2.05) is 18.4 Å². The molecule has 1 aromatic rings. The molecule has 16 heavy (non-hydrogen) atoms. The van der Waals surface area contributed by atoms with Gasteiger partial charge in [-0.3, -0.25) is 4.79 Å². The monoisotopic (exact) mass is 254 g/mol. The number of carbonyl (C=O) groups is 1. The molecule has 1 fully saturated rings. The Balaban J connectivity index is 2.06. The highest BCUT2D eigenvalue weighted by molar-refractivity contribution is 7.80. The van der Waals surface area contributed by atoms with Crippen LogP contribution in [0.1, 0.15) is 28.1 Å². The summed E-state index contributed by atoms with van der Waals surface area (Å²) >= 11 is 6.43. The summed E-state index contributed by atoms with van der Waals surface area (Å²) in [6, 6.07) is 1.80. The molecule has 0 aliphatic heterocycles. The standard InChI is InChI=1S/C11H14N2OS2/c1-6-4-5-16-9(6)11(14)13-8(10(12)15)7-2-3-7/h4-5,7-8H,2-3H2,1H3,(H2,12,15)(H,13,14). The Morgan fingerprint density at radius 3 is 2.81 bits per heavy atom. The average molecular weight is 254 g/mol. The summed E-state index contributed by atoms with van der Waals surface area (Å²) in [5.41, 5.74) is 6.64. The van der Waals surface area contributed by atoms with Crippen molar-refractivity contribution >= 4 is 34.5 Å². The fourth-order valence-corrected chi connectivity index (χ4v) is 2.74. The van der Waals surface area contributed by atoms with Crippen molar-refractivity contribution in [3.05, 3.63) is 21.9 Å². The maximum Gasteiger partial charge on any atom is 0.262 e. The van der Waals surface area contributed by atoms with Crippen LogP contribution in [0.5, 0.6) is 0 Å². The lowest BCUT2D eigenvalue weighted by Crippen LogP contribution is -2.44. The Labute approximate surface area is 104 Å². The first-order chi connectivity index (χ1) is 7.59. The first-order valence-electron chi connectivity index (χ1n) is 5.24. The van der Waals surface area contributed by atoms with Gasteiger partial charge in [0.1, 0.15) is 0 Å². The van der Waals surface area contributed by atoms with Crippen LogP contribution in [0.15, 0.2) is 11.4 Å². The molecule has 3 nitrogen and oxygen atoms in total. The van der Waals surface area contributed by atoms with E-state index in [-0.39, 0.29) is 11.9 Å². The molecule has 1 heterocycles. The Hall–Kier alpha value is -0.940. The number of aryl methyl sites for hydroxylation is 1.